The SMILES string of the molecule is CC1CC1Cn1cncc1C(C)(C)NC(=O)OC(C)(C)C. The summed E-state index contributed by atoms with van der Waals surface area (Å²) >= 11 is 0. The van der Waals surface area contributed by atoms with Gasteiger partial charge in [-0.1, -0.05) is 6.92 Å². The molecule has 1 aliphatic carbocycles. The highest BCUT2D eigenvalue weighted by Gasteiger charge is 2.35. The van der Waals surface area contributed by atoms with Crippen LogP contribution in [-0.4, -0.2) is 21.2 Å². The van der Waals surface area contributed by atoms with Gasteiger partial charge in [0.2, 0.25) is 0 Å². The largest absolute Gasteiger partial charge is 0.444 e. The molecule has 5 heteroatoms. The minimum Gasteiger partial charge on any atom is -0.444 e. The lowest BCUT2D eigenvalue weighted by Gasteiger charge is -2.29. The minimum atomic E-state index is -0.517. The smallest absolute Gasteiger partial charge is 0.408 e. The first-order valence-electron chi connectivity index (χ1n) is 7.60. The van der Waals surface area contributed by atoms with Crippen LogP contribution in [0.1, 0.15) is 53.7 Å². The Labute approximate surface area is 127 Å². The first-order valence-corrected chi connectivity index (χ1v) is 7.60. The fourth-order valence-electron chi connectivity index (χ4n) is 2.52. The van der Waals surface area contributed by atoms with E-state index in [0.29, 0.717) is 0 Å². The number of nitrogens with one attached hydrogen (secondary N) is 1. The van der Waals surface area contributed by atoms with Gasteiger partial charge >= 0.3 is 6.09 Å². The summed E-state index contributed by atoms with van der Waals surface area (Å²) in [5.41, 5.74) is -0.00618. The van der Waals surface area contributed by atoms with Crippen molar-refractivity contribution in [3.05, 3.63) is 18.2 Å². The van der Waals surface area contributed by atoms with Crippen LogP contribution in [0.15, 0.2) is 12.5 Å². The molecule has 1 aromatic heterocycles. The summed E-state index contributed by atoms with van der Waals surface area (Å²) in [6.45, 7) is 12.8. The lowest BCUT2D eigenvalue weighted by Crippen LogP contribution is -2.44. The van der Waals surface area contributed by atoms with Crippen molar-refractivity contribution in [1.29, 1.82) is 0 Å². The molecule has 1 N–H and O–H groups in total. The molecule has 1 aromatic rings. The summed E-state index contributed by atoms with van der Waals surface area (Å²) in [7, 11) is 0. The number of hydrogen-bond donors (Lipinski definition) is 1. The Kier molecular flexibility index (Phi) is 4.04. The second kappa shape index (κ2) is 5.35. The molecule has 1 heterocycles. The Balaban J connectivity index is 2.05. The van der Waals surface area contributed by atoms with Crippen molar-refractivity contribution in [3.8, 4) is 0 Å². The lowest BCUT2D eigenvalue weighted by molar-refractivity contribution is 0.0466. The van der Waals surface area contributed by atoms with Gasteiger partial charge in [0.15, 0.2) is 0 Å². The maximum atomic E-state index is 12.0. The average Bonchev–Trinajstić information content (AvgIpc) is 2.79. The van der Waals surface area contributed by atoms with Crippen molar-refractivity contribution in [3.63, 3.8) is 0 Å². The van der Waals surface area contributed by atoms with Crippen LogP contribution in [0.3, 0.4) is 0 Å². The topological polar surface area (TPSA) is 56.2 Å². The monoisotopic (exact) mass is 293 g/mol. The fraction of sp³-hybridized carbons (Fsp3) is 0.750. The van der Waals surface area contributed by atoms with E-state index in [1.807, 2.05) is 47.1 Å². The average molecular weight is 293 g/mol. The number of carbonyl (C=O) groups is 1. The molecule has 1 amide bonds. The van der Waals surface area contributed by atoms with Gasteiger partial charge in [-0.25, -0.2) is 9.78 Å². The number of nitrogens with zero attached hydrogens (tertiary/aromatic N) is 2. The van der Waals surface area contributed by atoms with Crippen LogP contribution in [0, 0.1) is 11.8 Å². The summed E-state index contributed by atoms with van der Waals surface area (Å²) in [5.74, 6) is 1.53. The third-order valence-electron chi connectivity index (χ3n) is 3.87. The molecule has 0 aromatic carbocycles. The van der Waals surface area contributed by atoms with Gasteiger partial charge in [-0.15, -0.1) is 0 Å². The Hall–Kier alpha value is -1.52. The summed E-state index contributed by atoms with van der Waals surface area (Å²) < 4.78 is 7.49. The summed E-state index contributed by atoms with van der Waals surface area (Å²) in [4.78, 5) is 16.3. The van der Waals surface area contributed by atoms with Crippen LogP contribution in [-0.2, 0) is 16.8 Å². The number of ether oxygens (including phenoxy) is 1. The molecule has 0 aliphatic heterocycles. The summed E-state index contributed by atoms with van der Waals surface area (Å²) in [5, 5.41) is 2.94. The van der Waals surface area contributed by atoms with Gasteiger partial charge in [-0.05, 0) is 52.9 Å². The molecule has 0 radical (unpaired) electrons. The lowest BCUT2D eigenvalue weighted by atomic mass is 10.0. The molecular weight excluding hydrogens is 266 g/mol. The zero-order valence-corrected chi connectivity index (χ0v) is 13.9. The normalized spacial score (nSPS) is 22.0. The van der Waals surface area contributed by atoms with Crippen molar-refractivity contribution in [1.82, 2.24) is 14.9 Å². The minimum absolute atomic E-state index is 0.403. The van der Waals surface area contributed by atoms with E-state index < -0.39 is 17.2 Å². The van der Waals surface area contributed by atoms with Crippen molar-refractivity contribution >= 4 is 6.09 Å². The van der Waals surface area contributed by atoms with E-state index >= 15 is 0 Å². The fourth-order valence-corrected chi connectivity index (χ4v) is 2.52. The van der Waals surface area contributed by atoms with Crippen LogP contribution in [0.25, 0.3) is 0 Å². The third-order valence-corrected chi connectivity index (χ3v) is 3.87. The third kappa shape index (κ3) is 4.22. The highest BCUT2D eigenvalue weighted by Crippen LogP contribution is 2.39. The molecule has 5 nitrogen and oxygen atoms in total. The molecule has 21 heavy (non-hydrogen) atoms. The zero-order valence-electron chi connectivity index (χ0n) is 13.9. The molecule has 2 rings (SSSR count). The van der Waals surface area contributed by atoms with E-state index in [0.717, 1.165) is 24.1 Å². The second-order valence-corrected chi connectivity index (χ2v) is 7.66. The second-order valence-electron chi connectivity index (χ2n) is 7.66. The molecule has 1 aliphatic rings. The first kappa shape index (κ1) is 15.9. The van der Waals surface area contributed by atoms with E-state index in [1.54, 1.807) is 0 Å². The number of hydrogen-bond acceptors (Lipinski definition) is 3. The van der Waals surface area contributed by atoms with E-state index in [4.69, 9.17) is 4.74 Å². The van der Waals surface area contributed by atoms with Gasteiger partial charge in [-0.2, -0.15) is 0 Å². The Bertz CT molecular complexity index is 514. The zero-order chi connectivity index (χ0) is 15.8. The highest BCUT2D eigenvalue weighted by atomic mass is 16.6. The molecule has 1 saturated carbocycles. The van der Waals surface area contributed by atoms with Crippen LogP contribution in [0.2, 0.25) is 0 Å². The molecule has 2 unspecified atom stereocenters. The standard InChI is InChI=1S/C16H27N3O2/c1-11-7-12(11)9-19-10-17-8-13(19)16(5,6)18-14(20)21-15(2,3)4/h8,10-12H,7,9H2,1-6H3,(H,18,20). The molecule has 1 fully saturated rings. The highest BCUT2D eigenvalue weighted by molar-refractivity contribution is 5.68. The maximum Gasteiger partial charge on any atom is 0.408 e. The Morgan fingerprint density at radius 2 is 2.05 bits per heavy atom. The van der Waals surface area contributed by atoms with Gasteiger partial charge in [0.1, 0.15) is 5.60 Å². The van der Waals surface area contributed by atoms with E-state index in [-0.39, 0.29) is 0 Å². The van der Waals surface area contributed by atoms with Crippen molar-refractivity contribution in [2.45, 2.75) is 65.6 Å². The van der Waals surface area contributed by atoms with Crippen LogP contribution >= 0.6 is 0 Å². The van der Waals surface area contributed by atoms with Crippen LogP contribution in [0.5, 0.6) is 0 Å². The number of aromatic nitrogens is 2. The molecule has 118 valence electrons. The molecule has 0 spiro atoms. The van der Waals surface area contributed by atoms with E-state index in [2.05, 4.69) is 21.8 Å². The number of imidazole rings is 1. The maximum absolute atomic E-state index is 12.0. The number of alkyl carbamates (subject to hydrolysis) is 1. The molecule has 2 atom stereocenters. The van der Waals surface area contributed by atoms with Gasteiger partial charge in [0.25, 0.3) is 0 Å². The van der Waals surface area contributed by atoms with Crippen LogP contribution in [0.4, 0.5) is 4.79 Å². The van der Waals surface area contributed by atoms with Gasteiger partial charge in [0.05, 0.1) is 23.8 Å². The van der Waals surface area contributed by atoms with Crippen molar-refractivity contribution in [2.75, 3.05) is 0 Å². The van der Waals surface area contributed by atoms with Crippen molar-refractivity contribution in [2.24, 2.45) is 11.8 Å². The van der Waals surface area contributed by atoms with Gasteiger partial charge in [-0.3, -0.25) is 0 Å². The number of amides is 1. The van der Waals surface area contributed by atoms with Crippen molar-refractivity contribution < 1.29 is 9.53 Å². The van der Waals surface area contributed by atoms with E-state index in [9.17, 15) is 4.79 Å². The van der Waals surface area contributed by atoms with Gasteiger partial charge in [0, 0.05) is 6.54 Å². The number of rotatable bonds is 4. The molecule has 0 saturated heterocycles. The quantitative estimate of drug-likeness (QED) is 0.926. The molecular formula is C16H27N3O2. The molecule has 0 bridgehead atoms. The predicted molar refractivity (Wildman–Crippen MR) is 81.9 cm³/mol. The summed E-state index contributed by atoms with van der Waals surface area (Å²) in [6.07, 6.45) is 4.54. The number of carbonyl (C=O) groups excluding carboxylic acids is 1. The predicted octanol–water partition coefficient (Wildman–Crippen LogP) is 3.30. The van der Waals surface area contributed by atoms with Crippen LogP contribution < -0.4 is 5.32 Å². The Morgan fingerprint density at radius 1 is 1.43 bits per heavy atom. The van der Waals surface area contributed by atoms with E-state index in [1.165, 1.54) is 6.42 Å². The first-order chi connectivity index (χ1) is 9.58. The summed E-state index contributed by atoms with van der Waals surface area (Å²) in [6, 6.07) is 0. The Morgan fingerprint density at radius 3 is 2.57 bits per heavy atom. The van der Waals surface area contributed by atoms with Gasteiger partial charge < -0.3 is 14.6 Å².